The molecule has 0 bridgehead atoms. The predicted octanol–water partition coefficient (Wildman–Crippen LogP) is 5.31. The second-order valence-corrected chi connectivity index (χ2v) is 6.21. The first-order valence-corrected chi connectivity index (χ1v) is 7.26. The summed E-state index contributed by atoms with van der Waals surface area (Å²) >= 11 is 11.1. The summed E-state index contributed by atoms with van der Waals surface area (Å²) in [5.41, 5.74) is 4.84. The number of hydrogen-bond acceptors (Lipinski definition) is 4. The van der Waals surface area contributed by atoms with Crippen LogP contribution in [0.1, 0.15) is 35.6 Å². The molecular formula is C17H26Cl2N4O. The third kappa shape index (κ3) is 9.33. The Hall–Kier alpha value is -1.85. The number of rotatable bonds is 1. The van der Waals surface area contributed by atoms with Crippen LogP contribution in [-0.4, -0.2) is 15.9 Å². The molecular weight excluding hydrogens is 347 g/mol. The number of amides is 1. The molecule has 1 amide bonds. The Balaban J connectivity index is 0. The second kappa shape index (κ2) is 10.8. The Morgan fingerprint density at radius 2 is 1.50 bits per heavy atom. The number of halogens is 2. The molecule has 5 nitrogen and oxygen atoms in total. The van der Waals surface area contributed by atoms with E-state index in [1.54, 1.807) is 36.4 Å². The molecule has 0 fully saturated rings. The minimum atomic E-state index is -0.427. The van der Waals surface area contributed by atoms with Crippen molar-refractivity contribution in [2.45, 2.75) is 35.6 Å². The molecule has 2 rings (SSSR count). The third-order valence-electron chi connectivity index (χ3n) is 2.37. The fraction of sp³-hybridized carbons (Fsp3) is 0.353. The van der Waals surface area contributed by atoms with Gasteiger partial charge in [0.05, 0.1) is 0 Å². The summed E-state index contributed by atoms with van der Waals surface area (Å²) in [4.78, 5) is 19.2. The molecule has 0 aromatic carbocycles. The number of hydrogen-bond donors (Lipinski definition) is 2. The highest BCUT2D eigenvalue weighted by Crippen LogP contribution is 2.17. The van der Waals surface area contributed by atoms with E-state index in [0.29, 0.717) is 21.9 Å². The molecule has 0 radical (unpaired) electrons. The second-order valence-electron chi connectivity index (χ2n) is 5.43. The van der Waals surface area contributed by atoms with Gasteiger partial charge in [-0.1, -0.05) is 71.0 Å². The average molecular weight is 373 g/mol. The number of pyridine rings is 2. The first kappa shape index (κ1) is 24.4. The summed E-state index contributed by atoms with van der Waals surface area (Å²) in [6, 6.07) is 10.2. The van der Waals surface area contributed by atoms with Crippen molar-refractivity contribution >= 4 is 40.7 Å². The van der Waals surface area contributed by atoms with Crippen LogP contribution in [0.2, 0.25) is 10.3 Å². The summed E-state index contributed by atoms with van der Waals surface area (Å²) in [6.07, 6.45) is 0. The normalized spacial score (nSPS) is 9.54. The van der Waals surface area contributed by atoms with E-state index < -0.39 is 5.41 Å². The number of anilines is 2. The van der Waals surface area contributed by atoms with Crippen molar-refractivity contribution in [2.24, 2.45) is 5.41 Å². The van der Waals surface area contributed by atoms with Crippen molar-refractivity contribution in [3.63, 3.8) is 0 Å². The van der Waals surface area contributed by atoms with Crippen molar-refractivity contribution in [1.82, 2.24) is 9.97 Å². The molecule has 0 unspecified atom stereocenters. The zero-order chi connectivity index (χ0) is 16.8. The molecule has 0 saturated heterocycles. The minimum absolute atomic E-state index is 0. The summed E-state index contributed by atoms with van der Waals surface area (Å²) in [5.74, 6) is 0.863. The van der Waals surface area contributed by atoms with Gasteiger partial charge in [-0.05, 0) is 24.3 Å². The van der Waals surface area contributed by atoms with Gasteiger partial charge in [0, 0.05) is 5.41 Å². The van der Waals surface area contributed by atoms with E-state index in [9.17, 15) is 4.79 Å². The average Bonchev–Trinajstić information content (AvgIpc) is 2.38. The van der Waals surface area contributed by atoms with Crippen LogP contribution >= 0.6 is 23.2 Å². The maximum absolute atomic E-state index is 11.6. The smallest absolute Gasteiger partial charge is 0.230 e. The first-order valence-electron chi connectivity index (χ1n) is 6.50. The molecule has 0 atom stereocenters. The SMILES string of the molecule is C.C.CC(C)(C)C(=O)Nc1cccc(Cl)n1.Nc1cccc(Cl)n1. The van der Waals surface area contributed by atoms with Crippen molar-refractivity contribution < 1.29 is 4.79 Å². The van der Waals surface area contributed by atoms with E-state index in [2.05, 4.69) is 15.3 Å². The van der Waals surface area contributed by atoms with Gasteiger partial charge in [-0.3, -0.25) is 4.79 Å². The van der Waals surface area contributed by atoms with Gasteiger partial charge in [0.1, 0.15) is 21.9 Å². The highest BCUT2D eigenvalue weighted by atomic mass is 35.5. The molecule has 24 heavy (non-hydrogen) atoms. The van der Waals surface area contributed by atoms with Gasteiger partial charge in [-0.2, -0.15) is 0 Å². The van der Waals surface area contributed by atoms with Gasteiger partial charge in [-0.15, -0.1) is 0 Å². The van der Waals surface area contributed by atoms with Crippen molar-refractivity contribution in [3.8, 4) is 0 Å². The Labute approximate surface area is 154 Å². The molecule has 2 aromatic rings. The lowest BCUT2D eigenvalue weighted by Crippen LogP contribution is -2.27. The van der Waals surface area contributed by atoms with Crippen LogP contribution in [0.15, 0.2) is 36.4 Å². The molecule has 134 valence electrons. The Bertz CT molecular complexity index is 625. The third-order valence-corrected chi connectivity index (χ3v) is 2.80. The lowest BCUT2D eigenvalue weighted by atomic mass is 9.96. The summed E-state index contributed by atoms with van der Waals surface area (Å²) in [5, 5.41) is 3.50. The molecule has 0 saturated carbocycles. The lowest BCUT2D eigenvalue weighted by Gasteiger charge is -2.16. The molecule has 3 N–H and O–H groups in total. The van der Waals surface area contributed by atoms with Crippen LogP contribution in [0.5, 0.6) is 0 Å². The van der Waals surface area contributed by atoms with Crippen LogP contribution in [0.25, 0.3) is 0 Å². The maximum Gasteiger partial charge on any atom is 0.230 e. The fourth-order valence-electron chi connectivity index (χ4n) is 1.21. The number of nitrogens with zero attached hydrogens (tertiary/aromatic N) is 2. The number of nitrogens with two attached hydrogens (primary N) is 1. The van der Waals surface area contributed by atoms with Crippen molar-refractivity contribution in [3.05, 3.63) is 46.7 Å². The zero-order valence-electron chi connectivity index (χ0n) is 12.6. The first-order chi connectivity index (χ1) is 10.2. The lowest BCUT2D eigenvalue weighted by molar-refractivity contribution is -0.123. The van der Waals surface area contributed by atoms with E-state index in [1.165, 1.54) is 0 Å². The Morgan fingerprint density at radius 3 is 1.88 bits per heavy atom. The standard InChI is InChI=1S/C10H13ClN2O.C5H5ClN2.2CH4/c1-10(2,3)9(14)13-8-6-4-5-7(11)12-8;6-4-2-1-3-5(7)8-4;;/h4-6H,1-3H3,(H,12,13,14);1-3H,(H2,7,8);2*1H4. The van der Waals surface area contributed by atoms with E-state index >= 15 is 0 Å². The van der Waals surface area contributed by atoms with Crippen LogP contribution < -0.4 is 11.1 Å². The Kier molecular flexibility index (Phi) is 11.0. The van der Waals surface area contributed by atoms with Gasteiger partial charge in [0.2, 0.25) is 5.91 Å². The molecule has 0 spiro atoms. The van der Waals surface area contributed by atoms with E-state index in [1.807, 2.05) is 20.8 Å². The van der Waals surface area contributed by atoms with Crippen LogP contribution in [0.3, 0.4) is 0 Å². The number of nitrogens with one attached hydrogen (secondary N) is 1. The van der Waals surface area contributed by atoms with Crippen LogP contribution in [-0.2, 0) is 4.79 Å². The highest BCUT2D eigenvalue weighted by molar-refractivity contribution is 6.29. The fourth-order valence-corrected chi connectivity index (χ4v) is 1.54. The van der Waals surface area contributed by atoms with E-state index in [0.717, 1.165) is 0 Å². The minimum Gasteiger partial charge on any atom is -0.384 e. The van der Waals surface area contributed by atoms with Gasteiger partial charge in [0.15, 0.2) is 0 Å². The topological polar surface area (TPSA) is 80.9 Å². The summed E-state index contributed by atoms with van der Waals surface area (Å²) < 4.78 is 0. The molecule has 0 aliphatic carbocycles. The van der Waals surface area contributed by atoms with E-state index in [4.69, 9.17) is 28.9 Å². The van der Waals surface area contributed by atoms with Crippen molar-refractivity contribution in [2.75, 3.05) is 11.1 Å². The largest absolute Gasteiger partial charge is 0.384 e. The quantitative estimate of drug-likeness (QED) is 0.664. The molecule has 0 aliphatic rings. The zero-order valence-corrected chi connectivity index (χ0v) is 14.1. The molecule has 2 aromatic heterocycles. The van der Waals surface area contributed by atoms with Crippen LogP contribution in [0.4, 0.5) is 11.6 Å². The summed E-state index contributed by atoms with van der Waals surface area (Å²) in [6.45, 7) is 5.52. The number of nitrogen functional groups attached to an aromatic ring is 1. The van der Waals surface area contributed by atoms with Gasteiger partial charge in [-0.25, -0.2) is 9.97 Å². The molecule has 7 heteroatoms. The van der Waals surface area contributed by atoms with Gasteiger partial charge < -0.3 is 11.1 Å². The van der Waals surface area contributed by atoms with Gasteiger partial charge >= 0.3 is 0 Å². The number of carbonyl (C=O) groups excluding carboxylic acids is 1. The van der Waals surface area contributed by atoms with Gasteiger partial charge in [0.25, 0.3) is 0 Å². The number of carbonyl (C=O) groups is 1. The summed E-state index contributed by atoms with van der Waals surface area (Å²) in [7, 11) is 0. The highest BCUT2D eigenvalue weighted by Gasteiger charge is 2.21. The number of aromatic nitrogens is 2. The van der Waals surface area contributed by atoms with Crippen molar-refractivity contribution in [1.29, 1.82) is 0 Å². The predicted molar refractivity (Wildman–Crippen MR) is 104 cm³/mol. The van der Waals surface area contributed by atoms with Crippen LogP contribution in [0, 0.1) is 5.41 Å². The molecule has 0 aliphatic heterocycles. The Morgan fingerprint density at radius 1 is 1.00 bits per heavy atom. The molecule has 2 heterocycles. The monoisotopic (exact) mass is 372 g/mol. The van der Waals surface area contributed by atoms with E-state index in [-0.39, 0.29) is 20.8 Å². The maximum atomic E-state index is 11.6.